The van der Waals surface area contributed by atoms with E-state index in [1.54, 1.807) is 0 Å². The fourth-order valence-corrected chi connectivity index (χ4v) is 1.30. The lowest BCUT2D eigenvalue weighted by molar-refractivity contribution is 0.278. The van der Waals surface area contributed by atoms with Crippen LogP contribution in [0.25, 0.3) is 0 Å². The Hall–Kier alpha value is -0.390. The van der Waals surface area contributed by atoms with Gasteiger partial charge < -0.3 is 5.11 Å². The third-order valence-corrected chi connectivity index (χ3v) is 2.73. The van der Waals surface area contributed by atoms with Crippen LogP contribution in [0.2, 0.25) is 5.15 Å². The van der Waals surface area contributed by atoms with E-state index in [2.05, 4.69) is 20.9 Å². The number of aliphatic hydroxyl groups is 1. The predicted molar refractivity (Wildman–Crippen MR) is 52.9 cm³/mol. The standard InChI is InChI=1S/C7H8BrClN2O2/c8-5-6(9)10-4-11(7(5)13)2-1-3-12/h4,12H,1-3H2. The van der Waals surface area contributed by atoms with Gasteiger partial charge in [0.25, 0.3) is 5.56 Å². The van der Waals surface area contributed by atoms with E-state index in [1.165, 1.54) is 10.9 Å². The fraction of sp³-hybridized carbons (Fsp3) is 0.429. The van der Waals surface area contributed by atoms with Crippen molar-refractivity contribution < 1.29 is 5.11 Å². The highest BCUT2D eigenvalue weighted by atomic mass is 79.9. The lowest BCUT2D eigenvalue weighted by atomic mass is 10.4. The lowest BCUT2D eigenvalue weighted by Gasteiger charge is -2.03. The Morgan fingerprint density at radius 3 is 3.00 bits per heavy atom. The summed E-state index contributed by atoms with van der Waals surface area (Å²) in [6.45, 7) is 0.491. The number of rotatable bonds is 3. The molecule has 13 heavy (non-hydrogen) atoms. The summed E-state index contributed by atoms with van der Waals surface area (Å²) in [6, 6.07) is 0. The Morgan fingerprint density at radius 1 is 1.69 bits per heavy atom. The van der Waals surface area contributed by atoms with Gasteiger partial charge >= 0.3 is 0 Å². The highest BCUT2D eigenvalue weighted by molar-refractivity contribution is 9.10. The molecule has 0 saturated carbocycles. The molecule has 0 aliphatic heterocycles. The monoisotopic (exact) mass is 266 g/mol. The second-order valence-corrected chi connectivity index (χ2v) is 3.58. The van der Waals surface area contributed by atoms with Crippen molar-refractivity contribution >= 4 is 27.5 Å². The molecule has 4 nitrogen and oxygen atoms in total. The van der Waals surface area contributed by atoms with Gasteiger partial charge in [-0.2, -0.15) is 0 Å². The Morgan fingerprint density at radius 2 is 2.38 bits per heavy atom. The van der Waals surface area contributed by atoms with Gasteiger partial charge in [-0.1, -0.05) is 11.6 Å². The lowest BCUT2D eigenvalue weighted by Crippen LogP contribution is -2.21. The van der Waals surface area contributed by atoms with Crippen molar-refractivity contribution in [1.29, 1.82) is 0 Å². The highest BCUT2D eigenvalue weighted by Crippen LogP contribution is 2.13. The molecule has 0 atom stereocenters. The SMILES string of the molecule is O=c1c(Br)c(Cl)ncn1CCCO. The summed E-state index contributed by atoms with van der Waals surface area (Å²) in [5.74, 6) is 0. The number of nitrogens with zero attached hydrogens (tertiary/aromatic N) is 2. The molecule has 1 aromatic heterocycles. The van der Waals surface area contributed by atoms with E-state index in [-0.39, 0.29) is 21.8 Å². The first-order valence-corrected chi connectivity index (χ1v) is 4.85. The Balaban J connectivity index is 2.97. The van der Waals surface area contributed by atoms with Gasteiger partial charge in [0.2, 0.25) is 0 Å². The zero-order valence-electron chi connectivity index (χ0n) is 6.70. The van der Waals surface area contributed by atoms with Gasteiger partial charge in [-0.05, 0) is 22.4 Å². The van der Waals surface area contributed by atoms with Gasteiger partial charge in [0.1, 0.15) is 4.47 Å². The van der Waals surface area contributed by atoms with Gasteiger partial charge in [-0.25, -0.2) is 4.98 Å². The number of aryl methyl sites for hydroxylation is 1. The van der Waals surface area contributed by atoms with Crippen LogP contribution >= 0.6 is 27.5 Å². The molecule has 0 amide bonds. The molecule has 1 heterocycles. The van der Waals surface area contributed by atoms with E-state index < -0.39 is 0 Å². The summed E-state index contributed by atoms with van der Waals surface area (Å²) < 4.78 is 1.65. The summed E-state index contributed by atoms with van der Waals surface area (Å²) in [7, 11) is 0. The van der Waals surface area contributed by atoms with Crippen LogP contribution in [0, 0.1) is 0 Å². The third-order valence-electron chi connectivity index (χ3n) is 1.50. The van der Waals surface area contributed by atoms with Crippen molar-refractivity contribution in [3.8, 4) is 0 Å². The normalized spacial score (nSPS) is 10.4. The fourth-order valence-electron chi connectivity index (χ4n) is 0.844. The Kier molecular flexibility index (Phi) is 3.90. The first-order valence-electron chi connectivity index (χ1n) is 3.68. The molecule has 0 unspecified atom stereocenters. The van der Waals surface area contributed by atoms with Crippen molar-refractivity contribution in [2.75, 3.05) is 6.61 Å². The summed E-state index contributed by atoms with van der Waals surface area (Å²) in [5.41, 5.74) is -0.228. The van der Waals surface area contributed by atoms with Crippen LogP contribution in [-0.2, 0) is 6.54 Å². The molecular weight excluding hydrogens is 259 g/mol. The molecule has 72 valence electrons. The summed E-state index contributed by atoms with van der Waals surface area (Å²) >= 11 is 8.63. The van der Waals surface area contributed by atoms with Crippen molar-refractivity contribution in [2.45, 2.75) is 13.0 Å². The molecule has 0 aliphatic rings. The maximum Gasteiger partial charge on any atom is 0.269 e. The minimum Gasteiger partial charge on any atom is -0.396 e. The smallest absolute Gasteiger partial charge is 0.269 e. The van der Waals surface area contributed by atoms with E-state index in [0.717, 1.165) is 0 Å². The molecule has 0 aromatic carbocycles. The molecule has 0 fully saturated rings. The zero-order valence-corrected chi connectivity index (χ0v) is 9.05. The largest absolute Gasteiger partial charge is 0.396 e. The third kappa shape index (κ3) is 2.52. The topological polar surface area (TPSA) is 55.1 Å². The summed E-state index contributed by atoms with van der Waals surface area (Å²) in [4.78, 5) is 15.2. The van der Waals surface area contributed by atoms with Crippen LogP contribution in [0.5, 0.6) is 0 Å². The van der Waals surface area contributed by atoms with Gasteiger partial charge in [0.05, 0.1) is 6.33 Å². The molecule has 0 radical (unpaired) electrons. The minimum atomic E-state index is -0.228. The molecule has 1 aromatic rings. The molecule has 1 N–H and O–H groups in total. The maximum atomic E-state index is 11.4. The first kappa shape index (κ1) is 10.7. The van der Waals surface area contributed by atoms with Crippen LogP contribution in [0.15, 0.2) is 15.6 Å². The number of hydrogen-bond donors (Lipinski definition) is 1. The van der Waals surface area contributed by atoms with Gasteiger partial charge in [0, 0.05) is 13.2 Å². The van der Waals surface area contributed by atoms with Crippen molar-refractivity contribution in [3.05, 3.63) is 26.3 Å². The second kappa shape index (κ2) is 4.74. The average Bonchev–Trinajstić information content (AvgIpc) is 2.13. The molecule has 0 bridgehead atoms. The van der Waals surface area contributed by atoms with Crippen molar-refractivity contribution in [1.82, 2.24) is 9.55 Å². The number of aromatic nitrogens is 2. The summed E-state index contributed by atoms with van der Waals surface area (Å²) in [6.07, 6.45) is 1.89. The molecule has 0 spiro atoms. The van der Waals surface area contributed by atoms with E-state index in [9.17, 15) is 4.79 Å². The quantitative estimate of drug-likeness (QED) is 0.833. The number of hydrogen-bond acceptors (Lipinski definition) is 3. The minimum absolute atomic E-state index is 0.0483. The first-order chi connectivity index (χ1) is 6.16. The van der Waals surface area contributed by atoms with Crippen molar-refractivity contribution in [3.63, 3.8) is 0 Å². The van der Waals surface area contributed by atoms with Gasteiger partial charge in [-0.3, -0.25) is 9.36 Å². The van der Waals surface area contributed by atoms with E-state index in [4.69, 9.17) is 16.7 Å². The Bertz CT molecular complexity index is 353. The van der Waals surface area contributed by atoms with Crippen LogP contribution in [0.3, 0.4) is 0 Å². The molecule has 6 heteroatoms. The van der Waals surface area contributed by atoms with Crippen LogP contribution in [0.1, 0.15) is 6.42 Å². The zero-order chi connectivity index (χ0) is 9.84. The average molecular weight is 268 g/mol. The van der Waals surface area contributed by atoms with E-state index >= 15 is 0 Å². The highest BCUT2D eigenvalue weighted by Gasteiger charge is 2.05. The summed E-state index contributed by atoms with van der Waals surface area (Å²) in [5, 5.41) is 8.73. The number of aliphatic hydroxyl groups excluding tert-OH is 1. The van der Waals surface area contributed by atoms with E-state index in [1.807, 2.05) is 0 Å². The van der Waals surface area contributed by atoms with Crippen LogP contribution in [-0.4, -0.2) is 21.3 Å². The Labute approximate surface area is 88.3 Å². The second-order valence-electron chi connectivity index (χ2n) is 2.43. The molecule has 0 aliphatic carbocycles. The maximum absolute atomic E-state index is 11.4. The van der Waals surface area contributed by atoms with Crippen LogP contribution < -0.4 is 5.56 Å². The van der Waals surface area contributed by atoms with Gasteiger partial charge in [0.15, 0.2) is 5.15 Å². The predicted octanol–water partition coefficient (Wildman–Crippen LogP) is 1.04. The molecule has 1 rings (SSSR count). The molecular formula is C7H8BrClN2O2. The van der Waals surface area contributed by atoms with Crippen LogP contribution in [0.4, 0.5) is 0 Å². The number of halogens is 2. The van der Waals surface area contributed by atoms with E-state index in [0.29, 0.717) is 13.0 Å². The van der Waals surface area contributed by atoms with Crippen molar-refractivity contribution in [2.24, 2.45) is 0 Å². The van der Waals surface area contributed by atoms with Gasteiger partial charge in [-0.15, -0.1) is 0 Å². The molecule has 0 saturated heterocycles.